The molecule has 0 aliphatic carbocycles. The summed E-state index contributed by atoms with van der Waals surface area (Å²) in [5.74, 6) is 0.685. The van der Waals surface area contributed by atoms with Gasteiger partial charge in [0.1, 0.15) is 11.5 Å². The highest BCUT2D eigenvalue weighted by Crippen LogP contribution is 2.31. The van der Waals surface area contributed by atoms with Crippen molar-refractivity contribution in [2.45, 2.75) is 5.51 Å². The van der Waals surface area contributed by atoms with Crippen molar-refractivity contribution in [2.75, 3.05) is 25.2 Å². The van der Waals surface area contributed by atoms with Crippen molar-refractivity contribution in [3.63, 3.8) is 0 Å². The molecule has 0 radical (unpaired) electrons. The number of hydrogen-bond donors (Lipinski definition) is 1. The standard InChI is InChI=1S/C10H12F3NO2S/c1-15-7-2-3-8(14)9(6-7)16-4-5-17-10(11,12)13/h2-3,6H,4-5,14H2,1H3. The molecule has 0 saturated heterocycles. The average Bonchev–Trinajstić information content (AvgIpc) is 2.25. The summed E-state index contributed by atoms with van der Waals surface area (Å²) in [6.45, 7) is -0.0679. The second-order valence-corrected chi connectivity index (χ2v) is 4.21. The van der Waals surface area contributed by atoms with E-state index in [1.807, 2.05) is 0 Å². The molecule has 0 unspecified atom stereocenters. The third-order valence-corrected chi connectivity index (χ3v) is 2.53. The summed E-state index contributed by atoms with van der Waals surface area (Å²) in [4.78, 5) is 0. The number of benzene rings is 1. The van der Waals surface area contributed by atoms with E-state index in [-0.39, 0.29) is 24.1 Å². The van der Waals surface area contributed by atoms with Gasteiger partial charge in [0.05, 0.1) is 19.4 Å². The zero-order valence-corrected chi connectivity index (χ0v) is 9.90. The lowest BCUT2D eigenvalue weighted by Gasteiger charge is -2.10. The van der Waals surface area contributed by atoms with Gasteiger partial charge in [0.15, 0.2) is 0 Å². The molecule has 7 heteroatoms. The molecule has 1 aromatic rings. The number of rotatable bonds is 5. The Morgan fingerprint density at radius 3 is 2.65 bits per heavy atom. The number of nitrogens with two attached hydrogens (primary N) is 1. The minimum absolute atomic E-state index is 0.0679. The number of nitrogen functional groups attached to an aromatic ring is 1. The van der Waals surface area contributed by atoms with Crippen molar-refractivity contribution in [1.29, 1.82) is 0 Å². The van der Waals surface area contributed by atoms with Crippen LogP contribution in [0, 0.1) is 0 Å². The predicted molar refractivity (Wildman–Crippen MR) is 61.4 cm³/mol. The van der Waals surface area contributed by atoms with Crippen LogP contribution in [0.25, 0.3) is 0 Å². The minimum Gasteiger partial charge on any atom is -0.497 e. The van der Waals surface area contributed by atoms with Gasteiger partial charge in [-0.05, 0) is 23.9 Å². The molecule has 3 nitrogen and oxygen atoms in total. The van der Waals surface area contributed by atoms with E-state index >= 15 is 0 Å². The largest absolute Gasteiger partial charge is 0.497 e. The van der Waals surface area contributed by atoms with Crippen molar-refractivity contribution >= 4 is 17.4 Å². The Kier molecular flexibility index (Phi) is 4.80. The van der Waals surface area contributed by atoms with Crippen LogP contribution in [0.1, 0.15) is 0 Å². The topological polar surface area (TPSA) is 44.5 Å². The summed E-state index contributed by atoms with van der Waals surface area (Å²) in [5.41, 5.74) is 1.73. The summed E-state index contributed by atoms with van der Waals surface area (Å²) < 4.78 is 45.6. The van der Waals surface area contributed by atoms with Gasteiger partial charge in [-0.2, -0.15) is 13.2 Å². The molecule has 1 rings (SSSR count). The normalized spacial score (nSPS) is 11.3. The van der Waals surface area contributed by atoms with Gasteiger partial charge >= 0.3 is 5.51 Å². The summed E-state index contributed by atoms with van der Waals surface area (Å²) in [6, 6.07) is 4.76. The molecule has 0 aliphatic heterocycles. The average molecular weight is 267 g/mol. The van der Waals surface area contributed by atoms with Crippen molar-refractivity contribution in [1.82, 2.24) is 0 Å². The van der Waals surface area contributed by atoms with E-state index in [0.717, 1.165) is 0 Å². The van der Waals surface area contributed by atoms with Crippen molar-refractivity contribution in [3.05, 3.63) is 18.2 Å². The van der Waals surface area contributed by atoms with Crippen LogP contribution in [0.3, 0.4) is 0 Å². The molecule has 2 N–H and O–H groups in total. The summed E-state index contributed by atoms with van der Waals surface area (Å²) in [7, 11) is 1.48. The highest BCUT2D eigenvalue weighted by Gasteiger charge is 2.27. The number of ether oxygens (including phenoxy) is 2. The third kappa shape index (κ3) is 5.08. The number of halogens is 3. The van der Waals surface area contributed by atoms with E-state index in [1.165, 1.54) is 13.2 Å². The van der Waals surface area contributed by atoms with Gasteiger partial charge in [0, 0.05) is 11.8 Å². The number of hydrogen-bond acceptors (Lipinski definition) is 4. The first-order chi connectivity index (χ1) is 7.92. The van der Waals surface area contributed by atoms with Crippen molar-refractivity contribution in [2.24, 2.45) is 0 Å². The van der Waals surface area contributed by atoms with E-state index in [1.54, 1.807) is 12.1 Å². The van der Waals surface area contributed by atoms with E-state index in [2.05, 4.69) is 0 Å². The summed E-state index contributed by atoms with van der Waals surface area (Å²) >= 11 is -0.128. The molecule has 17 heavy (non-hydrogen) atoms. The number of anilines is 1. The Balaban J connectivity index is 2.46. The van der Waals surface area contributed by atoms with Crippen LogP contribution in [0.4, 0.5) is 18.9 Å². The van der Waals surface area contributed by atoms with Gasteiger partial charge in [-0.1, -0.05) is 0 Å². The molecule has 0 spiro atoms. The molecular formula is C10H12F3NO2S. The lowest BCUT2D eigenvalue weighted by molar-refractivity contribution is -0.0329. The van der Waals surface area contributed by atoms with E-state index in [9.17, 15) is 13.2 Å². The van der Waals surface area contributed by atoms with Crippen LogP contribution in [0.15, 0.2) is 18.2 Å². The molecular weight excluding hydrogens is 255 g/mol. The fourth-order valence-electron chi connectivity index (χ4n) is 1.08. The lowest BCUT2D eigenvalue weighted by atomic mass is 10.3. The molecule has 1 aromatic carbocycles. The maximum absolute atomic E-state index is 11.8. The molecule has 0 aromatic heterocycles. The van der Waals surface area contributed by atoms with Crippen LogP contribution in [0.2, 0.25) is 0 Å². The SMILES string of the molecule is COc1ccc(N)c(OCCSC(F)(F)F)c1. The highest BCUT2D eigenvalue weighted by atomic mass is 32.2. The molecule has 96 valence electrons. The Morgan fingerprint density at radius 1 is 1.35 bits per heavy atom. The zero-order chi connectivity index (χ0) is 12.9. The van der Waals surface area contributed by atoms with E-state index < -0.39 is 5.51 Å². The maximum atomic E-state index is 11.8. The van der Waals surface area contributed by atoms with Gasteiger partial charge in [0.25, 0.3) is 0 Å². The highest BCUT2D eigenvalue weighted by molar-refractivity contribution is 8.00. The fourth-order valence-corrected chi connectivity index (χ4v) is 1.47. The van der Waals surface area contributed by atoms with E-state index in [4.69, 9.17) is 15.2 Å². The van der Waals surface area contributed by atoms with Gasteiger partial charge in [-0.3, -0.25) is 0 Å². The van der Waals surface area contributed by atoms with Crippen LogP contribution in [-0.2, 0) is 0 Å². The third-order valence-electron chi connectivity index (χ3n) is 1.83. The van der Waals surface area contributed by atoms with Crippen molar-refractivity contribution in [3.8, 4) is 11.5 Å². The smallest absolute Gasteiger partial charge is 0.441 e. The Morgan fingerprint density at radius 2 is 2.06 bits per heavy atom. The van der Waals surface area contributed by atoms with E-state index in [0.29, 0.717) is 17.2 Å². The van der Waals surface area contributed by atoms with Gasteiger partial charge < -0.3 is 15.2 Å². The van der Waals surface area contributed by atoms with Crippen LogP contribution in [-0.4, -0.2) is 25.0 Å². The first-order valence-electron chi connectivity index (χ1n) is 4.69. The number of thioether (sulfide) groups is 1. The summed E-state index contributed by atoms with van der Waals surface area (Å²) in [5, 5.41) is 0. The second kappa shape index (κ2) is 5.90. The monoisotopic (exact) mass is 267 g/mol. The second-order valence-electron chi connectivity index (χ2n) is 3.05. The number of methoxy groups -OCH3 is 1. The quantitative estimate of drug-likeness (QED) is 0.658. The molecule has 0 atom stereocenters. The summed E-state index contributed by atoms with van der Waals surface area (Å²) in [6.07, 6.45) is 0. The predicted octanol–water partition coefficient (Wildman–Crippen LogP) is 2.91. The Labute approximate surface area is 101 Å². The maximum Gasteiger partial charge on any atom is 0.441 e. The molecule has 0 amide bonds. The van der Waals surface area contributed by atoms with Gasteiger partial charge in [-0.25, -0.2) is 0 Å². The van der Waals surface area contributed by atoms with Gasteiger partial charge in [-0.15, -0.1) is 0 Å². The molecule has 0 bridgehead atoms. The van der Waals surface area contributed by atoms with Crippen LogP contribution in [0.5, 0.6) is 11.5 Å². The zero-order valence-electron chi connectivity index (χ0n) is 9.08. The Bertz CT molecular complexity index is 371. The number of alkyl halides is 3. The molecule has 0 aliphatic rings. The van der Waals surface area contributed by atoms with Gasteiger partial charge in [0.2, 0.25) is 0 Å². The fraction of sp³-hybridized carbons (Fsp3) is 0.400. The first-order valence-corrected chi connectivity index (χ1v) is 5.68. The lowest BCUT2D eigenvalue weighted by Crippen LogP contribution is -2.08. The first kappa shape index (κ1) is 13.8. The Hall–Kier alpha value is -1.24. The van der Waals surface area contributed by atoms with Crippen LogP contribution < -0.4 is 15.2 Å². The minimum atomic E-state index is -4.23. The molecule has 0 saturated carbocycles. The molecule has 0 fully saturated rings. The molecule has 0 heterocycles. The van der Waals surface area contributed by atoms with Crippen molar-refractivity contribution < 1.29 is 22.6 Å². The van der Waals surface area contributed by atoms with Crippen LogP contribution >= 0.6 is 11.8 Å².